The van der Waals surface area contributed by atoms with Crippen molar-refractivity contribution in [3.63, 3.8) is 0 Å². The third-order valence-corrected chi connectivity index (χ3v) is 4.87. The molecule has 0 unspecified atom stereocenters. The number of aromatic nitrogens is 1. The molecule has 0 spiro atoms. The molecular weight excluding hydrogens is 302 g/mol. The predicted molar refractivity (Wildman–Crippen MR) is 94.0 cm³/mol. The van der Waals surface area contributed by atoms with Crippen LogP contribution in [0.25, 0.3) is 0 Å². The Morgan fingerprint density at radius 2 is 1.75 bits per heavy atom. The second-order valence-corrected chi connectivity index (χ2v) is 6.81. The van der Waals surface area contributed by atoms with Crippen molar-refractivity contribution in [2.75, 3.05) is 0 Å². The number of nitrogens with zero attached hydrogens (tertiary/aromatic N) is 2. The number of hydrogen-bond donors (Lipinski definition) is 1. The fraction of sp³-hybridized carbons (Fsp3) is 0.632. The summed E-state index contributed by atoms with van der Waals surface area (Å²) < 4.78 is 5.58. The van der Waals surface area contributed by atoms with Crippen molar-refractivity contribution in [3.8, 4) is 0 Å². The number of carbonyl (C=O) groups excluding carboxylic acids is 1. The van der Waals surface area contributed by atoms with E-state index in [-0.39, 0.29) is 6.04 Å². The van der Waals surface area contributed by atoms with Crippen LogP contribution in [0.15, 0.2) is 29.4 Å². The Hall–Kier alpha value is -1.91. The van der Waals surface area contributed by atoms with Crippen molar-refractivity contribution in [2.45, 2.75) is 76.3 Å². The number of aliphatic imine (C=N–C) groups is 1. The quantitative estimate of drug-likeness (QED) is 0.520. The highest BCUT2D eigenvalue weighted by Crippen LogP contribution is 2.21. The van der Waals surface area contributed by atoms with Crippen LogP contribution >= 0.6 is 0 Å². The summed E-state index contributed by atoms with van der Waals surface area (Å²) in [5.74, 6) is -0.437. The minimum atomic E-state index is -0.437. The maximum atomic E-state index is 12.3. The minimum Gasteiger partial charge on any atom is -0.388 e. The number of ether oxygens (including phenoxy) is 1. The van der Waals surface area contributed by atoms with E-state index < -0.39 is 5.97 Å². The van der Waals surface area contributed by atoms with Crippen LogP contribution in [0.1, 0.15) is 74.7 Å². The molecule has 0 amide bonds. The molecule has 1 N–H and O–H groups in total. The Kier molecular flexibility index (Phi) is 6.21. The van der Waals surface area contributed by atoms with E-state index in [9.17, 15) is 4.79 Å². The number of pyridine rings is 1. The van der Waals surface area contributed by atoms with Crippen LogP contribution in [0, 0.1) is 0 Å². The summed E-state index contributed by atoms with van der Waals surface area (Å²) in [7, 11) is 0. The molecule has 1 aromatic heterocycles. The molecule has 0 aliphatic heterocycles. The van der Waals surface area contributed by atoms with Crippen molar-refractivity contribution in [2.24, 2.45) is 4.99 Å². The standard InChI is InChI=1S/C19H27N3O2/c23-18(17-13-7-8-14-20-17)24-19(21-15-9-3-1-4-10-15)22-16-11-5-2-6-12-16/h7-8,13-16H,1-6,9-12H2,(H,21,22). The fourth-order valence-electron chi connectivity index (χ4n) is 3.51. The summed E-state index contributed by atoms with van der Waals surface area (Å²) in [5.41, 5.74) is 0.319. The van der Waals surface area contributed by atoms with E-state index in [4.69, 9.17) is 9.73 Å². The summed E-state index contributed by atoms with van der Waals surface area (Å²) >= 11 is 0. The number of esters is 1. The highest BCUT2D eigenvalue weighted by molar-refractivity contribution is 5.96. The van der Waals surface area contributed by atoms with Gasteiger partial charge in [0, 0.05) is 12.2 Å². The lowest BCUT2D eigenvalue weighted by Gasteiger charge is -2.25. The maximum Gasteiger partial charge on any atom is 0.364 e. The first-order valence-corrected chi connectivity index (χ1v) is 9.29. The number of rotatable bonds is 3. The molecule has 0 atom stereocenters. The van der Waals surface area contributed by atoms with Crippen LogP contribution in [-0.2, 0) is 4.74 Å². The second-order valence-electron chi connectivity index (χ2n) is 6.81. The maximum absolute atomic E-state index is 12.3. The minimum absolute atomic E-state index is 0.265. The molecule has 2 fully saturated rings. The lowest BCUT2D eigenvalue weighted by Crippen LogP contribution is -2.39. The first-order chi connectivity index (χ1) is 11.8. The third kappa shape index (κ3) is 5.05. The zero-order valence-corrected chi connectivity index (χ0v) is 14.2. The van der Waals surface area contributed by atoms with Crippen LogP contribution in [0.5, 0.6) is 0 Å². The molecule has 0 bridgehead atoms. The average Bonchev–Trinajstić information content (AvgIpc) is 2.64. The largest absolute Gasteiger partial charge is 0.388 e. The molecule has 1 aromatic rings. The highest BCUT2D eigenvalue weighted by atomic mass is 16.6. The Morgan fingerprint density at radius 1 is 1.04 bits per heavy atom. The summed E-state index contributed by atoms with van der Waals surface area (Å²) in [5, 5.41) is 3.38. The Labute approximate surface area is 143 Å². The molecule has 5 nitrogen and oxygen atoms in total. The van der Waals surface area contributed by atoms with Crippen molar-refractivity contribution >= 4 is 12.0 Å². The van der Waals surface area contributed by atoms with Gasteiger partial charge in [-0.25, -0.2) is 14.8 Å². The monoisotopic (exact) mass is 329 g/mol. The Morgan fingerprint density at radius 3 is 2.42 bits per heavy atom. The van der Waals surface area contributed by atoms with Gasteiger partial charge in [-0.05, 0) is 37.8 Å². The van der Waals surface area contributed by atoms with E-state index in [1.54, 1.807) is 24.4 Å². The number of amidine groups is 1. The van der Waals surface area contributed by atoms with Gasteiger partial charge >= 0.3 is 5.97 Å². The van der Waals surface area contributed by atoms with Crippen molar-refractivity contribution in [1.82, 2.24) is 10.3 Å². The van der Waals surface area contributed by atoms with E-state index in [2.05, 4.69) is 10.3 Å². The Bertz CT molecular complexity index is 547. The molecule has 0 radical (unpaired) electrons. The molecule has 130 valence electrons. The Balaban J connectivity index is 1.68. The van der Waals surface area contributed by atoms with Crippen molar-refractivity contribution in [3.05, 3.63) is 30.1 Å². The first kappa shape index (κ1) is 16.9. The number of nitrogens with one attached hydrogen (secondary N) is 1. The normalized spacial score (nSPS) is 20.6. The number of hydrogen-bond acceptors (Lipinski definition) is 4. The highest BCUT2D eigenvalue weighted by Gasteiger charge is 2.21. The van der Waals surface area contributed by atoms with Crippen LogP contribution in [0.2, 0.25) is 0 Å². The van der Waals surface area contributed by atoms with Gasteiger partial charge < -0.3 is 10.1 Å². The summed E-state index contributed by atoms with van der Waals surface area (Å²) in [4.78, 5) is 21.1. The SMILES string of the molecule is O=C(OC(=NC1CCCCC1)NC1CCCCC1)c1ccccn1. The van der Waals surface area contributed by atoms with Crippen LogP contribution < -0.4 is 5.32 Å². The third-order valence-electron chi connectivity index (χ3n) is 4.87. The molecular formula is C19H27N3O2. The van der Waals surface area contributed by atoms with E-state index in [1.807, 2.05) is 0 Å². The zero-order chi connectivity index (χ0) is 16.6. The van der Waals surface area contributed by atoms with E-state index >= 15 is 0 Å². The van der Waals surface area contributed by atoms with Gasteiger partial charge in [-0.2, -0.15) is 0 Å². The van der Waals surface area contributed by atoms with Crippen LogP contribution in [0.3, 0.4) is 0 Å². The predicted octanol–water partition coefficient (Wildman–Crippen LogP) is 3.85. The summed E-state index contributed by atoms with van der Waals surface area (Å²) in [6.07, 6.45) is 13.4. The molecule has 3 rings (SSSR count). The van der Waals surface area contributed by atoms with Gasteiger partial charge in [-0.3, -0.25) is 0 Å². The zero-order valence-electron chi connectivity index (χ0n) is 14.2. The van der Waals surface area contributed by atoms with Gasteiger partial charge in [0.25, 0.3) is 6.02 Å². The van der Waals surface area contributed by atoms with Crippen LogP contribution in [0.4, 0.5) is 0 Å². The first-order valence-electron chi connectivity index (χ1n) is 9.29. The van der Waals surface area contributed by atoms with Crippen molar-refractivity contribution < 1.29 is 9.53 Å². The lowest BCUT2D eigenvalue weighted by molar-refractivity contribution is 0.0697. The summed E-state index contributed by atoms with van der Waals surface area (Å²) in [6, 6.07) is 6.26. The average molecular weight is 329 g/mol. The molecule has 0 saturated heterocycles. The molecule has 24 heavy (non-hydrogen) atoms. The van der Waals surface area contributed by atoms with Gasteiger partial charge in [0.05, 0.1) is 6.04 Å². The van der Waals surface area contributed by atoms with Gasteiger partial charge in [0.1, 0.15) is 5.69 Å². The van der Waals surface area contributed by atoms with Gasteiger partial charge in [-0.15, -0.1) is 0 Å². The van der Waals surface area contributed by atoms with Gasteiger partial charge in [-0.1, -0.05) is 44.6 Å². The molecule has 2 aliphatic rings. The molecule has 2 saturated carbocycles. The van der Waals surface area contributed by atoms with E-state index in [0.717, 1.165) is 25.7 Å². The van der Waals surface area contributed by atoms with Crippen LogP contribution in [-0.4, -0.2) is 29.1 Å². The van der Waals surface area contributed by atoms with Crippen molar-refractivity contribution in [1.29, 1.82) is 0 Å². The molecule has 1 heterocycles. The second kappa shape index (κ2) is 8.81. The van der Waals surface area contributed by atoms with E-state index in [0.29, 0.717) is 17.8 Å². The molecule has 0 aromatic carbocycles. The smallest absolute Gasteiger partial charge is 0.364 e. The lowest BCUT2D eigenvalue weighted by atomic mass is 9.95. The number of carbonyl (C=O) groups is 1. The fourth-order valence-corrected chi connectivity index (χ4v) is 3.51. The molecule has 5 heteroatoms. The summed E-state index contributed by atoms with van der Waals surface area (Å²) in [6.45, 7) is 0. The van der Waals surface area contributed by atoms with E-state index in [1.165, 1.54) is 38.5 Å². The topological polar surface area (TPSA) is 63.6 Å². The van der Waals surface area contributed by atoms with Gasteiger partial charge in [0.15, 0.2) is 0 Å². The van der Waals surface area contributed by atoms with Gasteiger partial charge in [0.2, 0.25) is 0 Å². The molecule has 2 aliphatic carbocycles.